The van der Waals surface area contributed by atoms with Crippen molar-refractivity contribution >= 4 is 5.97 Å². The van der Waals surface area contributed by atoms with Crippen LogP contribution < -0.4 is 0 Å². The van der Waals surface area contributed by atoms with Gasteiger partial charge in [0, 0.05) is 6.61 Å². The van der Waals surface area contributed by atoms with Crippen molar-refractivity contribution in [3.05, 3.63) is 0 Å². The quantitative estimate of drug-likeness (QED) is 0.201. The first kappa shape index (κ1) is 26.4. The minimum absolute atomic E-state index is 0.0321. The molecule has 0 rings (SSSR count). The molecule has 0 heterocycles. The molecule has 0 aromatic carbocycles. The van der Waals surface area contributed by atoms with Crippen molar-refractivity contribution in [1.29, 1.82) is 0 Å². The second-order valence-electron chi connectivity index (χ2n) is 7.02. The van der Waals surface area contributed by atoms with Crippen LogP contribution in [0.15, 0.2) is 0 Å². The van der Waals surface area contributed by atoms with Gasteiger partial charge >= 0.3 is 5.97 Å². The molecule has 0 spiro atoms. The van der Waals surface area contributed by atoms with Crippen LogP contribution >= 0.6 is 0 Å². The van der Waals surface area contributed by atoms with E-state index in [0.717, 1.165) is 38.7 Å². The number of carbonyl (C=O) groups excluding carboxylic acids is 1. The van der Waals surface area contributed by atoms with Gasteiger partial charge in [-0.25, -0.2) is 0 Å². The van der Waals surface area contributed by atoms with Gasteiger partial charge in [0.05, 0.1) is 39.0 Å². The molecule has 0 bridgehead atoms. The molecule has 0 aliphatic heterocycles. The zero-order chi connectivity index (χ0) is 20.0. The van der Waals surface area contributed by atoms with Crippen LogP contribution in [0.25, 0.3) is 0 Å². The summed E-state index contributed by atoms with van der Waals surface area (Å²) in [6.07, 6.45) is 11.6. The minimum atomic E-state index is -0.0895. The predicted molar refractivity (Wildman–Crippen MR) is 110 cm³/mol. The standard InChI is InChI=1S/C22H44O5/c1-4-7-9-10-11-12-14-24-15-16-25-17-18-26-19-20-27-22(23)21(6-3)13-8-5-2/h21H,4-20H2,1-3H3. The summed E-state index contributed by atoms with van der Waals surface area (Å²) in [5.41, 5.74) is 0. The molecule has 0 radical (unpaired) electrons. The highest BCUT2D eigenvalue weighted by molar-refractivity contribution is 5.72. The normalized spacial score (nSPS) is 12.3. The first-order valence-corrected chi connectivity index (χ1v) is 11.2. The summed E-state index contributed by atoms with van der Waals surface area (Å²) in [6.45, 7) is 10.3. The van der Waals surface area contributed by atoms with Gasteiger partial charge in [0.15, 0.2) is 0 Å². The van der Waals surface area contributed by atoms with Gasteiger partial charge in [-0.3, -0.25) is 4.79 Å². The summed E-state index contributed by atoms with van der Waals surface area (Å²) in [5, 5.41) is 0. The van der Waals surface area contributed by atoms with Gasteiger partial charge in [0.1, 0.15) is 6.61 Å². The van der Waals surface area contributed by atoms with E-state index in [4.69, 9.17) is 18.9 Å². The van der Waals surface area contributed by atoms with Crippen LogP contribution in [0.3, 0.4) is 0 Å². The topological polar surface area (TPSA) is 54.0 Å². The van der Waals surface area contributed by atoms with Crippen molar-refractivity contribution in [2.45, 2.75) is 85.0 Å². The Hall–Kier alpha value is -0.650. The molecule has 1 atom stereocenters. The summed E-state index contributed by atoms with van der Waals surface area (Å²) >= 11 is 0. The molecule has 0 aliphatic rings. The lowest BCUT2D eigenvalue weighted by Crippen LogP contribution is -2.20. The molecule has 0 amide bonds. The maximum atomic E-state index is 11.9. The number of rotatable bonds is 21. The fourth-order valence-corrected chi connectivity index (χ4v) is 2.78. The third kappa shape index (κ3) is 18.5. The summed E-state index contributed by atoms with van der Waals surface area (Å²) in [7, 11) is 0. The number of ether oxygens (including phenoxy) is 4. The summed E-state index contributed by atoms with van der Waals surface area (Å²) in [5.74, 6) is -0.0575. The second kappa shape index (κ2) is 21.6. The Morgan fingerprint density at radius 3 is 1.74 bits per heavy atom. The number of hydrogen-bond acceptors (Lipinski definition) is 5. The first-order valence-electron chi connectivity index (χ1n) is 11.2. The van der Waals surface area contributed by atoms with E-state index in [1.807, 2.05) is 6.92 Å². The van der Waals surface area contributed by atoms with Gasteiger partial charge < -0.3 is 18.9 Å². The minimum Gasteiger partial charge on any atom is -0.463 e. The molecular weight excluding hydrogens is 344 g/mol. The summed E-state index contributed by atoms with van der Waals surface area (Å²) < 4.78 is 21.7. The highest BCUT2D eigenvalue weighted by Gasteiger charge is 2.16. The molecule has 0 saturated carbocycles. The highest BCUT2D eigenvalue weighted by atomic mass is 16.6. The zero-order valence-electron chi connectivity index (χ0n) is 18.1. The number of carbonyl (C=O) groups is 1. The van der Waals surface area contributed by atoms with Gasteiger partial charge in [0.25, 0.3) is 0 Å². The van der Waals surface area contributed by atoms with E-state index in [9.17, 15) is 4.79 Å². The van der Waals surface area contributed by atoms with Gasteiger partial charge in [-0.1, -0.05) is 65.7 Å². The number of hydrogen-bond donors (Lipinski definition) is 0. The monoisotopic (exact) mass is 388 g/mol. The predicted octanol–water partition coefficient (Wildman–Crippen LogP) is 5.16. The molecular formula is C22H44O5. The van der Waals surface area contributed by atoms with Crippen molar-refractivity contribution < 1.29 is 23.7 Å². The van der Waals surface area contributed by atoms with Crippen LogP contribution in [-0.2, 0) is 23.7 Å². The first-order chi connectivity index (χ1) is 13.3. The molecule has 0 aromatic rings. The van der Waals surface area contributed by atoms with E-state index < -0.39 is 0 Å². The van der Waals surface area contributed by atoms with Crippen LogP contribution in [0.4, 0.5) is 0 Å². The van der Waals surface area contributed by atoms with Crippen LogP contribution in [0.5, 0.6) is 0 Å². The van der Waals surface area contributed by atoms with Crippen molar-refractivity contribution in [3.8, 4) is 0 Å². The fraction of sp³-hybridized carbons (Fsp3) is 0.955. The fourth-order valence-electron chi connectivity index (χ4n) is 2.78. The van der Waals surface area contributed by atoms with Gasteiger partial charge in [-0.05, 0) is 19.3 Å². The van der Waals surface area contributed by atoms with E-state index in [2.05, 4.69) is 13.8 Å². The van der Waals surface area contributed by atoms with Crippen molar-refractivity contribution in [1.82, 2.24) is 0 Å². The summed E-state index contributed by atoms with van der Waals surface area (Å²) in [4.78, 5) is 11.9. The van der Waals surface area contributed by atoms with Crippen LogP contribution in [0.2, 0.25) is 0 Å². The average Bonchev–Trinajstić information content (AvgIpc) is 2.68. The summed E-state index contributed by atoms with van der Waals surface area (Å²) in [6, 6.07) is 0. The molecule has 0 aromatic heterocycles. The Kier molecular flexibility index (Phi) is 21.1. The van der Waals surface area contributed by atoms with Crippen LogP contribution in [0, 0.1) is 5.92 Å². The maximum Gasteiger partial charge on any atom is 0.308 e. The second-order valence-corrected chi connectivity index (χ2v) is 7.02. The van der Waals surface area contributed by atoms with E-state index in [-0.39, 0.29) is 11.9 Å². The van der Waals surface area contributed by atoms with E-state index >= 15 is 0 Å². The maximum absolute atomic E-state index is 11.9. The van der Waals surface area contributed by atoms with Crippen molar-refractivity contribution in [3.63, 3.8) is 0 Å². The molecule has 0 saturated heterocycles. The van der Waals surface area contributed by atoms with Crippen LogP contribution in [0.1, 0.15) is 85.0 Å². The number of esters is 1. The Balaban J connectivity index is 3.25. The molecule has 1 unspecified atom stereocenters. The van der Waals surface area contributed by atoms with E-state index in [1.165, 1.54) is 32.1 Å². The Morgan fingerprint density at radius 1 is 0.630 bits per heavy atom. The molecule has 27 heavy (non-hydrogen) atoms. The largest absolute Gasteiger partial charge is 0.463 e. The Labute approximate surface area is 167 Å². The van der Waals surface area contributed by atoms with Crippen molar-refractivity contribution in [2.24, 2.45) is 5.92 Å². The highest BCUT2D eigenvalue weighted by Crippen LogP contribution is 2.14. The third-order valence-electron chi connectivity index (χ3n) is 4.59. The molecule has 0 N–H and O–H groups in total. The lowest BCUT2D eigenvalue weighted by Gasteiger charge is -2.13. The van der Waals surface area contributed by atoms with E-state index in [1.54, 1.807) is 0 Å². The zero-order valence-corrected chi connectivity index (χ0v) is 18.1. The average molecular weight is 389 g/mol. The number of unbranched alkanes of at least 4 members (excludes halogenated alkanes) is 6. The SMILES string of the molecule is CCCCCCCCOCCOCCOCCOC(=O)C(CC)CCCC. The van der Waals surface area contributed by atoms with Gasteiger partial charge in [-0.2, -0.15) is 0 Å². The Morgan fingerprint density at radius 2 is 1.15 bits per heavy atom. The van der Waals surface area contributed by atoms with Crippen LogP contribution in [-0.4, -0.2) is 52.2 Å². The molecule has 5 nitrogen and oxygen atoms in total. The lowest BCUT2D eigenvalue weighted by molar-refractivity contribution is -0.150. The molecule has 0 fully saturated rings. The Bertz CT molecular complexity index is 309. The van der Waals surface area contributed by atoms with Crippen molar-refractivity contribution in [2.75, 3.05) is 46.2 Å². The van der Waals surface area contributed by atoms with E-state index in [0.29, 0.717) is 39.6 Å². The van der Waals surface area contributed by atoms with Gasteiger partial charge in [0.2, 0.25) is 0 Å². The molecule has 0 aliphatic carbocycles. The smallest absolute Gasteiger partial charge is 0.308 e. The van der Waals surface area contributed by atoms with Gasteiger partial charge in [-0.15, -0.1) is 0 Å². The molecule has 5 heteroatoms. The third-order valence-corrected chi connectivity index (χ3v) is 4.59. The lowest BCUT2D eigenvalue weighted by atomic mass is 10.00. The molecule has 162 valence electrons.